The Hall–Kier alpha value is -1.38. The van der Waals surface area contributed by atoms with Crippen LogP contribution in [0, 0.1) is 0 Å². The van der Waals surface area contributed by atoms with Gasteiger partial charge in [-0.25, -0.2) is 0 Å². The molecule has 0 aliphatic carbocycles. The largest absolute Gasteiger partial charge is 0.497 e. The van der Waals surface area contributed by atoms with Crippen molar-refractivity contribution >= 4 is 0 Å². The maximum Gasteiger partial charge on any atom is 0.229 e. The highest BCUT2D eigenvalue weighted by molar-refractivity contribution is 5.31. The molecule has 1 aromatic rings. The van der Waals surface area contributed by atoms with Gasteiger partial charge in [0.1, 0.15) is 35.9 Å². The normalized spacial score (nSPS) is 33.8. The molecule has 20 heavy (non-hydrogen) atoms. The number of benzene rings is 1. The first kappa shape index (κ1) is 15.0. The molecule has 1 aliphatic heterocycles. The lowest BCUT2D eigenvalue weighted by Gasteiger charge is -2.39. The van der Waals surface area contributed by atoms with Crippen LogP contribution in [0.4, 0.5) is 0 Å². The van der Waals surface area contributed by atoms with Gasteiger partial charge in [-0.05, 0) is 24.3 Å². The van der Waals surface area contributed by atoms with E-state index in [2.05, 4.69) is 0 Å². The summed E-state index contributed by atoms with van der Waals surface area (Å²) in [6.07, 6.45) is -6.44. The fourth-order valence-electron chi connectivity index (χ4n) is 1.95. The van der Waals surface area contributed by atoms with Crippen LogP contribution in [-0.4, -0.2) is 64.8 Å². The van der Waals surface area contributed by atoms with E-state index >= 15 is 0 Å². The van der Waals surface area contributed by atoms with E-state index in [1.807, 2.05) is 0 Å². The minimum Gasteiger partial charge on any atom is -0.497 e. The number of methoxy groups -OCH3 is 1. The van der Waals surface area contributed by atoms with Gasteiger partial charge in [0.15, 0.2) is 0 Å². The summed E-state index contributed by atoms with van der Waals surface area (Å²) in [5, 5.41) is 38.2. The number of hydrogen-bond donors (Lipinski definition) is 4. The Kier molecular flexibility index (Phi) is 4.79. The van der Waals surface area contributed by atoms with Crippen LogP contribution in [0.15, 0.2) is 24.3 Å². The van der Waals surface area contributed by atoms with Crippen molar-refractivity contribution in [2.75, 3.05) is 13.7 Å². The van der Waals surface area contributed by atoms with Gasteiger partial charge in [-0.1, -0.05) is 0 Å². The van der Waals surface area contributed by atoms with Crippen molar-refractivity contribution in [1.29, 1.82) is 0 Å². The average Bonchev–Trinajstić information content (AvgIpc) is 2.48. The zero-order valence-corrected chi connectivity index (χ0v) is 10.9. The van der Waals surface area contributed by atoms with Crippen LogP contribution < -0.4 is 9.47 Å². The molecule has 0 unspecified atom stereocenters. The minimum atomic E-state index is -1.45. The fraction of sp³-hybridized carbons (Fsp3) is 0.538. The van der Waals surface area contributed by atoms with Gasteiger partial charge in [0.2, 0.25) is 6.29 Å². The number of rotatable bonds is 4. The maximum absolute atomic E-state index is 9.82. The van der Waals surface area contributed by atoms with Gasteiger partial charge in [0, 0.05) is 0 Å². The lowest BCUT2D eigenvalue weighted by Crippen LogP contribution is -2.60. The Morgan fingerprint density at radius 3 is 2.15 bits per heavy atom. The second-order valence-corrected chi connectivity index (χ2v) is 4.49. The van der Waals surface area contributed by atoms with Crippen molar-refractivity contribution in [3.05, 3.63) is 24.3 Å². The predicted molar refractivity (Wildman–Crippen MR) is 67.4 cm³/mol. The average molecular weight is 286 g/mol. The molecule has 0 saturated carbocycles. The molecule has 1 fully saturated rings. The molecule has 5 atom stereocenters. The fourth-order valence-corrected chi connectivity index (χ4v) is 1.95. The standard InChI is InChI=1S/C13H18O7/c1-18-7-2-4-8(5-3-7)19-13-12(17)11(16)10(15)9(6-14)20-13/h2-5,9-17H,6H2,1H3/t9-,10+,11+,12-,13+/m1/s1. The zero-order chi connectivity index (χ0) is 14.7. The third-order valence-electron chi connectivity index (χ3n) is 3.16. The molecule has 1 heterocycles. The highest BCUT2D eigenvalue weighted by Crippen LogP contribution is 2.25. The van der Waals surface area contributed by atoms with E-state index in [0.29, 0.717) is 11.5 Å². The third kappa shape index (κ3) is 3.02. The number of ether oxygens (including phenoxy) is 3. The minimum absolute atomic E-state index is 0.398. The predicted octanol–water partition coefficient (Wildman–Crippen LogP) is -1.13. The molecular formula is C13H18O7. The molecule has 1 aromatic carbocycles. The molecule has 7 heteroatoms. The highest BCUT2D eigenvalue weighted by Gasteiger charge is 2.44. The monoisotopic (exact) mass is 286 g/mol. The summed E-state index contributed by atoms with van der Waals surface area (Å²) in [5.74, 6) is 1.04. The van der Waals surface area contributed by atoms with Gasteiger partial charge >= 0.3 is 0 Å². The van der Waals surface area contributed by atoms with Crippen molar-refractivity contribution < 1.29 is 34.6 Å². The number of aliphatic hydroxyl groups is 4. The van der Waals surface area contributed by atoms with Crippen molar-refractivity contribution in [3.8, 4) is 11.5 Å². The molecule has 0 spiro atoms. The molecule has 0 amide bonds. The molecule has 0 bridgehead atoms. The summed E-state index contributed by atoms with van der Waals surface area (Å²) < 4.78 is 15.6. The summed E-state index contributed by atoms with van der Waals surface area (Å²) in [5.41, 5.74) is 0. The quantitative estimate of drug-likeness (QED) is 0.555. The van der Waals surface area contributed by atoms with Crippen LogP contribution in [0.3, 0.4) is 0 Å². The Labute approximate surface area is 115 Å². The summed E-state index contributed by atoms with van der Waals surface area (Å²) in [4.78, 5) is 0. The van der Waals surface area contributed by atoms with Crippen LogP contribution in [0.1, 0.15) is 0 Å². The van der Waals surface area contributed by atoms with Crippen molar-refractivity contribution in [2.45, 2.75) is 30.7 Å². The van der Waals surface area contributed by atoms with Gasteiger partial charge in [-0.2, -0.15) is 0 Å². The molecule has 1 aliphatic rings. The van der Waals surface area contributed by atoms with Crippen molar-refractivity contribution in [2.24, 2.45) is 0 Å². The van der Waals surface area contributed by atoms with Gasteiger partial charge in [0.05, 0.1) is 13.7 Å². The lowest BCUT2D eigenvalue weighted by molar-refractivity contribution is -0.277. The maximum atomic E-state index is 9.82. The van der Waals surface area contributed by atoms with Crippen LogP contribution in [0.2, 0.25) is 0 Å². The Morgan fingerprint density at radius 2 is 1.60 bits per heavy atom. The summed E-state index contributed by atoms with van der Waals surface area (Å²) in [6, 6.07) is 6.55. The van der Waals surface area contributed by atoms with Crippen LogP contribution in [0.25, 0.3) is 0 Å². The van der Waals surface area contributed by atoms with Gasteiger partial charge in [-0.15, -0.1) is 0 Å². The van der Waals surface area contributed by atoms with Gasteiger partial charge in [-0.3, -0.25) is 0 Å². The molecule has 4 N–H and O–H groups in total. The van der Waals surface area contributed by atoms with E-state index in [0.717, 1.165) is 0 Å². The molecular weight excluding hydrogens is 268 g/mol. The number of hydrogen-bond acceptors (Lipinski definition) is 7. The van der Waals surface area contributed by atoms with Crippen LogP contribution >= 0.6 is 0 Å². The first-order chi connectivity index (χ1) is 9.56. The van der Waals surface area contributed by atoms with E-state index in [9.17, 15) is 15.3 Å². The van der Waals surface area contributed by atoms with E-state index in [1.54, 1.807) is 24.3 Å². The molecule has 7 nitrogen and oxygen atoms in total. The first-order valence-corrected chi connectivity index (χ1v) is 6.18. The molecule has 112 valence electrons. The third-order valence-corrected chi connectivity index (χ3v) is 3.16. The summed E-state index contributed by atoms with van der Waals surface area (Å²) in [7, 11) is 1.54. The molecule has 0 aromatic heterocycles. The van der Waals surface area contributed by atoms with Crippen molar-refractivity contribution in [3.63, 3.8) is 0 Å². The van der Waals surface area contributed by atoms with Crippen molar-refractivity contribution in [1.82, 2.24) is 0 Å². The summed E-state index contributed by atoms with van der Waals surface area (Å²) >= 11 is 0. The molecule has 0 radical (unpaired) electrons. The van der Waals surface area contributed by atoms with E-state index in [-0.39, 0.29) is 0 Å². The van der Waals surface area contributed by atoms with Gasteiger partial charge < -0.3 is 34.6 Å². The Morgan fingerprint density at radius 1 is 1.00 bits per heavy atom. The van der Waals surface area contributed by atoms with Crippen LogP contribution in [-0.2, 0) is 4.74 Å². The topological polar surface area (TPSA) is 109 Å². The lowest BCUT2D eigenvalue weighted by atomic mass is 9.99. The van der Waals surface area contributed by atoms with E-state index in [4.69, 9.17) is 19.3 Å². The van der Waals surface area contributed by atoms with Crippen LogP contribution in [0.5, 0.6) is 11.5 Å². The second-order valence-electron chi connectivity index (χ2n) is 4.49. The number of aliphatic hydroxyl groups excluding tert-OH is 4. The SMILES string of the molecule is COc1ccc(O[C@H]2O[C@H](CO)[C@H](O)[C@H](O)[C@H]2O)cc1. The zero-order valence-electron chi connectivity index (χ0n) is 10.9. The smallest absolute Gasteiger partial charge is 0.229 e. The Balaban J connectivity index is 2.06. The second kappa shape index (κ2) is 6.38. The van der Waals surface area contributed by atoms with E-state index in [1.165, 1.54) is 7.11 Å². The Bertz CT molecular complexity index is 419. The van der Waals surface area contributed by atoms with Gasteiger partial charge in [0.25, 0.3) is 0 Å². The molecule has 2 rings (SSSR count). The highest BCUT2D eigenvalue weighted by atomic mass is 16.7. The summed E-state index contributed by atoms with van der Waals surface area (Å²) in [6.45, 7) is -0.493. The first-order valence-electron chi connectivity index (χ1n) is 6.18. The molecule has 1 saturated heterocycles. The van der Waals surface area contributed by atoms with E-state index < -0.39 is 37.3 Å².